The molecule has 0 spiro atoms. The zero-order chi connectivity index (χ0) is 35.4. The Morgan fingerprint density at radius 2 is 1.39 bits per heavy atom. The Hall–Kier alpha value is -4.44. The van der Waals surface area contributed by atoms with Crippen molar-refractivity contribution in [2.45, 2.75) is 110 Å². The summed E-state index contributed by atoms with van der Waals surface area (Å²) >= 11 is 0. The van der Waals surface area contributed by atoms with Crippen LogP contribution in [0.25, 0.3) is 21.9 Å². The van der Waals surface area contributed by atoms with Crippen LogP contribution in [0.5, 0.6) is 0 Å². The van der Waals surface area contributed by atoms with Gasteiger partial charge in [-0.15, -0.1) is 0 Å². The highest BCUT2D eigenvalue weighted by molar-refractivity contribution is 7.00. The number of hydrogen-bond acceptors (Lipinski definition) is 3. The topological polar surface area (TPSA) is 19.6 Å². The van der Waals surface area contributed by atoms with Gasteiger partial charge in [0.05, 0.1) is 11.2 Å². The van der Waals surface area contributed by atoms with Gasteiger partial charge < -0.3 is 14.2 Å². The number of fused-ring (bicyclic) bond motifs is 10. The van der Waals surface area contributed by atoms with Crippen LogP contribution in [0, 0.1) is 6.92 Å². The molecule has 0 saturated heterocycles. The zero-order valence-corrected chi connectivity index (χ0v) is 31.8. The van der Waals surface area contributed by atoms with E-state index in [1.807, 2.05) is 0 Å². The van der Waals surface area contributed by atoms with Crippen LogP contribution in [0.15, 0.2) is 89.3 Å². The molecule has 51 heavy (non-hydrogen) atoms. The number of nitrogens with zero attached hydrogens (tertiary/aromatic N) is 2. The number of furan rings is 1. The number of hydrogen-bond donors (Lipinski definition) is 0. The van der Waals surface area contributed by atoms with Crippen LogP contribution >= 0.6 is 0 Å². The van der Waals surface area contributed by atoms with Gasteiger partial charge in [0.25, 0.3) is 6.71 Å². The van der Waals surface area contributed by atoms with Gasteiger partial charge in [-0.2, -0.15) is 0 Å². The van der Waals surface area contributed by atoms with Gasteiger partial charge >= 0.3 is 0 Å². The van der Waals surface area contributed by atoms with Crippen LogP contribution in [0.4, 0.5) is 28.4 Å². The van der Waals surface area contributed by atoms with Crippen molar-refractivity contribution in [2.75, 3.05) is 9.80 Å². The van der Waals surface area contributed by atoms with Gasteiger partial charge in [-0.25, -0.2) is 0 Å². The molecule has 4 heteroatoms. The van der Waals surface area contributed by atoms with E-state index in [-0.39, 0.29) is 28.5 Å². The molecule has 4 heterocycles. The molecule has 256 valence electrons. The largest absolute Gasteiger partial charge is 0.454 e. The normalized spacial score (nSPS) is 21.9. The molecule has 0 amide bonds. The maximum atomic E-state index is 6.80. The first-order chi connectivity index (χ1) is 24.2. The summed E-state index contributed by atoms with van der Waals surface area (Å²) in [6.07, 6.45) is 4.99. The molecular formula is C47H49BN2O. The summed E-state index contributed by atoms with van der Waals surface area (Å²) in [4.78, 5) is 5.41. The fourth-order valence-corrected chi connectivity index (χ4v) is 10.5. The van der Waals surface area contributed by atoms with Crippen LogP contribution in [0.2, 0.25) is 0 Å². The van der Waals surface area contributed by atoms with Crippen molar-refractivity contribution in [3.8, 4) is 0 Å². The molecule has 0 bridgehead atoms. The summed E-state index contributed by atoms with van der Waals surface area (Å²) in [5.41, 5.74) is 18.5. The molecule has 1 fully saturated rings. The van der Waals surface area contributed by atoms with Crippen molar-refractivity contribution >= 4 is 73.5 Å². The van der Waals surface area contributed by atoms with Crippen LogP contribution in [0.1, 0.15) is 103 Å². The van der Waals surface area contributed by atoms with Crippen LogP contribution in [-0.4, -0.2) is 12.3 Å². The average Bonchev–Trinajstić information content (AvgIpc) is 3.56. The van der Waals surface area contributed by atoms with E-state index in [1.165, 1.54) is 81.5 Å². The highest BCUT2D eigenvalue weighted by Gasteiger charge is 2.61. The number of rotatable bonds is 1. The van der Waals surface area contributed by atoms with Gasteiger partial charge in [-0.1, -0.05) is 116 Å². The lowest BCUT2D eigenvalue weighted by molar-refractivity contribution is 0.195. The molecule has 1 aromatic heterocycles. The standard InChI is InChI=1S/C47H49BN2O/c1-28-23-38-41-39(24-28)50-42-33(46(8)21-12-13-22-47(46,50)9)25-30(45(5,6)7)26-35(42)48(41)34-20-19-29(44(2,3)4)27-37(34)49(38)36-17-14-16-32-31-15-10-11-18-40(31)51-43(32)36/h10-11,14-20,23-27H,12-13,21-22H2,1-9H3. The van der Waals surface area contributed by atoms with Gasteiger partial charge in [0.2, 0.25) is 0 Å². The Labute approximate surface area is 303 Å². The molecule has 6 aromatic rings. The third kappa shape index (κ3) is 3.97. The predicted octanol–water partition coefficient (Wildman–Crippen LogP) is 10.8. The smallest absolute Gasteiger partial charge is 0.252 e. The van der Waals surface area contributed by atoms with Gasteiger partial charge in [-0.3, -0.25) is 0 Å². The Balaban J connectivity index is 1.35. The second-order valence-corrected chi connectivity index (χ2v) is 18.6. The van der Waals surface area contributed by atoms with E-state index >= 15 is 0 Å². The average molecular weight is 669 g/mol. The summed E-state index contributed by atoms with van der Waals surface area (Å²) in [5, 5.41) is 2.33. The van der Waals surface area contributed by atoms with Crippen molar-refractivity contribution in [1.29, 1.82) is 0 Å². The van der Waals surface area contributed by atoms with Crippen LogP contribution < -0.4 is 26.2 Å². The molecule has 3 nitrogen and oxygen atoms in total. The summed E-state index contributed by atoms with van der Waals surface area (Å²) < 4.78 is 6.80. The molecule has 2 unspecified atom stereocenters. The molecule has 4 aliphatic rings. The van der Waals surface area contributed by atoms with E-state index < -0.39 is 0 Å². The number of anilines is 5. The van der Waals surface area contributed by atoms with Crippen molar-refractivity contribution < 1.29 is 4.42 Å². The number of para-hydroxylation sites is 2. The van der Waals surface area contributed by atoms with Crippen molar-refractivity contribution in [3.05, 3.63) is 107 Å². The van der Waals surface area contributed by atoms with E-state index in [0.717, 1.165) is 27.6 Å². The van der Waals surface area contributed by atoms with E-state index in [1.54, 1.807) is 5.56 Å². The third-order valence-electron chi connectivity index (χ3n) is 13.5. The maximum Gasteiger partial charge on any atom is 0.252 e. The van der Waals surface area contributed by atoms with E-state index in [4.69, 9.17) is 4.42 Å². The van der Waals surface area contributed by atoms with E-state index in [2.05, 4.69) is 157 Å². The second-order valence-electron chi connectivity index (χ2n) is 18.6. The highest BCUT2D eigenvalue weighted by atomic mass is 16.3. The molecule has 10 rings (SSSR count). The second kappa shape index (κ2) is 9.91. The molecule has 2 atom stereocenters. The lowest BCUT2D eigenvalue weighted by Gasteiger charge is -2.52. The number of benzene rings is 5. The third-order valence-corrected chi connectivity index (χ3v) is 13.5. The van der Waals surface area contributed by atoms with Gasteiger partial charge in [-0.05, 0) is 106 Å². The van der Waals surface area contributed by atoms with Gasteiger partial charge in [0.15, 0.2) is 5.58 Å². The minimum Gasteiger partial charge on any atom is -0.454 e. The zero-order valence-electron chi connectivity index (χ0n) is 31.8. The molecule has 1 aliphatic carbocycles. The Bertz CT molecular complexity index is 2480. The molecule has 0 N–H and O–H groups in total. The molecule has 5 aromatic carbocycles. The Morgan fingerprint density at radius 3 is 2.18 bits per heavy atom. The quantitative estimate of drug-likeness (QED) is 0.162. The summed E-state index contributed by atoms with van der Waals surface area (Å²) in [6, 6.07) is 32.7. The molecule has 0 radical (unpaired) electrons. The minimum atomic E-state index is -0.00861. The van der Waals surface area contributed by atoms with Crippen molar-refractivity contribution in [3.63, 3.8) is 0 Å². The minimum absolute atomic E-state index is 0.000244. The first-order valence-electron chi connectivity index (χ1n) is 19.2. The fraction of sp³-hybridized carbons (Fsp3) is 0.362. The van der Waals surface area contributed by atoms with E-state index in [9.17, 15) is 0 Å². The Morgan fingerprint density at radius 1 is 0.667 bits per heavy atom. The Kier molecular flexibility index (Phi) is 6.08. The summed E-state index contributed by atoms with van der Waals surface area (Å²) in [5.74, 6) is 0. The maximum absolute atomic E-state index is 6.80. The monoisotopic (exact) mass is 668 g/mol. The van der Waals surface area contributed by atoms with Crippen molar-refractivity contribution in [2.24, 2.45) is 0 Å². The molecule has 3 aliphatic heterocycles. The molecular weight excluding hydrogens is 619 g/mol. The number of aryl methyl sites for hydroxylation is 1. The van der Waals surface area contributed by atoms with E-state index in [0.29, 0.717) is 0 Å². The predicted molar refractivity (Wildman–Crippen MR) is 218 cm³/mol. The first-order valence-corrected chi connectivity index (χ1v) is 19.2. The lowest BCUT2D eigenvalue weighted by atomic mass is 9.33. The van der Waals surface area contributed by atoms with Gasteiger partial charge in [0.1, 0.15) is 5.58 Å². The first kappa shape index (κ1) is 31.3. The summed E-state index contributed by atoms with van der Waals surface area (Å²) in [6.45, 7) is 21.8. The summed E-state index contributed by atoms with van der Waals surface area (Å²) in [7, 11) is 0. The van der Waals surface area contributed by atoms with Crippen LogP contribution in [-0.2, 0) is 16.2 Å². The highest BCUT2D eigenvalue weighted by Crippen LogP contribution is 2.62. The molecule has 1 saturated carbocycles. The van der Waals surface area contributed by atoms with Gasteiger partial charge in [0, 0.05) is 38.9 Å². The lowest BCUT2D eigenvalue weighted by Crippen LogP contribution is -2.64. The fourth-order valence-electron chi connectivity index (χ4n) is 10.5. The SMILES string of the molecule is Cc1cc2c3c(c1)N1c4c(cc(C(C)(C)C)cc4C4(C)CCCCC14C)B3c1ccc(C(C)(C)C)cc1N2c1cccc2c1oc1ccccc12. The van der Waals surface area contributed by atoms with Crippen LogP contribution in [0.3, 0.4) is 0 Å². The van der Waals surface area contributed by atoms with Crippen molar-refractivity contribution in [1.82, 2.24) is 0 Å².